The van der Waals surface area contributed by atoms with Crippen molar-refractivity contribution in [3.05, 3.63) is 92.9 Å². The minimum absolute atomic E-state index is 0.0120. The fourth-order valence-corrected chi connectivity index (χ4v) is 3.88. The predicted octanol–water partition coefficient (Wildman–Crippen LogP) is 4.76. The van der Waals surface area contributed by atoms with Gasteiger partial charge in [0.1, 0.15) is 22.6 Å². The van der Waals surface area contributed by atoms with Crippen molar-refractivity contribution >= 4 is 39.5 Å². The number of H-pyrrole nitrogens is 2. The summed E-state index contributed by atoms with van der Waals surface area (Å²) in [5.74, 6) is -0.584. The van der Waals surface area contributed by atoms with Gasteiger partial charge in [-0.05, 0) is 24.3 Å². The monoisotopic (exact) mass is 478 g/mol. The van der Waals surface area contributed by atoms with Crippen LogP contribution in [0.15, 0.2) is 59.7 Å². The first kappa shape index (κ1) is 21.7. The van der Waals surface area contributed by atoms with E-state index in [1.54, 1.807) is 12.1 Å². The van der Waals surface area contributed by atoms with Gasteiger partial charge >= 0.3 is 0 Å². The molecule has 0 atom stereocenters. The molecule has 0 saturated carbocycles. The number of hydrogen-bond donors (Lipinski definition) is 2. The number of ether oxygens (including phenoxy) is 2. The van der Waals surface area contributed by atoms with Crippen molar-refractivity contribution in [1.82, 2.24) is 19.9 Å². The summed E-state index contributed by atoms with van der Waals surface area (Å²) >= 11 is 6.40. The van der Waals surface area contributed by atoms with Gasteiger partial charge in [-0.2, -0.15) is 0 Å². The van der Waals surface area contributed by atoms with Gasteiger partial charge in [-0.15, -0.1) is 0 Å². The molecule has 3 heterocycles. The van der Waals surface area contributed by atoms with E-state index < -0.39 is 11.4 Å². The molecule has 0 spiro atoms. The summed E-state index contributed by atoms with van der Waals surface area (Å²) in [5, 5.41) is 0.571. The number of aromatic nitrogens is 4. The molecule has 3 aromatic heterocycles. The number of benzene rings is 2. The van der Waals surface area contributed by atoms with E-state index in [9.17, 15) is 14.0 Å². The second-order valence-corrected chi connectivity index (χ2v) is 7.80. The average molecular weight is 479 g/mol. The van der Waals surface area contributed by atoms with Crippen LogP contribution in [0.5, 0.6) is 11.5 Å². The normalized spacial score (nSPS) is 11.3. The van der Waals surface area contributed by atoms with Gasteiger partial charge in [0.25, 0.3) is 5.56 Å². The number of ketones is 1. The molecular formula is C24H16ClFN4O4. The third-order valence-electron chi connectivity index (χ3n) is 5.21. The van der Waals surface area contributed by atoms with E-state index in [-0.39, 0.29) is 45.7 Å². The van der Waals surface area contributed by atoms with Crippen molar-refractivity contribution in [2.24, 2.45) is 0 Å². The van der Waals surface area contributed by atoms with Crippen LogP contribution in [0.2, 0.25) is 5.02 Å². The first-order valence-corrected chi connectivity index (χ1v) is 10.5. The van der Waals surface area contributed by atoms with E-state index in [1.807, 2.05) is 0 Å². The molecular weight excluding hydrogens is 463 g/mol. The van der Waals surface area contributed by atoms with Crippen LogP contribution in [0.1, 0.15) is 21.6 Å². The van der Waals surface area contributed by atoms with Crippen LogP contribution < -0.4 is 10.3 Å². The Morgan fingerprint density at radius 3 is 2.76 bits per heavy atom. The molecule has 0 fully saturated rings. The molecule has 0 amide bonds. The summed E-state index contributed by atoms with van der Waals surface area (Å²) in [7, 11) is 1.46. The van der Waals surface area contributed by atoms with Gasteiger partial charge in [0.05, 0.1) is 34.3 Å². The third-order valence-corrected chi connectivity index (χ3v) is 5.52. The van der Waals surface area contributed by atoms with Gasteiger partial charge in [-0.3, -0.25) is 9.59 Å². The quantitative estimate of drug-likeness (QED) is 0.340. The molecule has 0 bridgehead atoms. The summed E-state index contributed by atoms with van der Waals surface area (Å²) in [6, 6.07) is 10.4. The first-order valence-electron chi connectivity index (χ1n) is 10.1. The van der Waals surface area contributed by atoms with Gasteiger partial charge in [0, 0.05) is 24.9 Å². The molecule has 8 nitrogen and oxygen atoms in total. The fourth-order valence-electron chi connectivity index (χ4n) is 3.62. The Balaban J connectivity index is 1.57. The lowest BCUT2D eigenvalue weighted by Crippen LogP contribution is -2.16. The number of fused-ring (bicyclic) bond motifs is 3. The van der Waals surface area contributed by atoms with Crippen molar-refractivity contribution in [3.8, 4) is 11.5 Å². The van der Waals surface area contributed by atoms with Crippen molar-refractivity contribution in [2.45, 2.75) is 6.61 Å². The number of methoxy groups -OCH3 is 1. The number of hydrogen-bond acceptors (Lipinski definition) is 6. The van der Waals surface area contributed by atoms with E-state index in [1.165, 1.54) is 49.8 Å². The molecule has 170 valence electrons. The van der Waals surface area contributed by atoms with Crippen molar-refractivity contribution < 1.29 is 18.7 Å². The Morgan fingerprint density at radius 1 is 1.18 bits per heavy atom. The number of carbonyl (C=O) groups is 1. The van der Waals surface area contributed by atoms with Crippen molar-refractivity contribution in [3.63, 3.8) is 0 Å². The molecule has 0 aliphatic heterocycles. The van der Waals surface area contributed by atoms with Gasteiger partial charge in [0.2, 0.25) is 0 Å². The molecule has 0 saturated heterocycles. The van der Waals surface area contributed by atoms with Crippen LogP contribution >= 0.6 is 11.6 Å². The number of para-hydroxylation sites is 1. The van der Waals surface area contributed by atoms with Crippen LogP contribution in [0, 0.1) is 5.82 Å². The molecule has 2 N–H and O–H groups in total. The lowest BCUT2D eigenvalue weighted by molar-refractivity contribution is 0.104. The number of rotatable bonds is 6. The minimum Gasteiger partial charge on any atom is -0.454 e. The summed E-state index contributed by atoms with van der Waals surface area (Å²) in [6.45, 7) is 0.0120. The van der Waals surface area contributed by atoms with Crippen LogP contribution in [-0.4, -0.2) is 32.8 Å². The molecule has 2 aromatic carbocycles. The highest BCUT2D eigenvalue weighted by Gasteiger charge is 2.21. The molecule has 5 rings (SSSR count). The molecule has 0 aliphatic rings. The zero-order valence-electron chi connectivity index (χ0n) is 17.7. The standard InChI is InChI=1S/C24H16ClFN4O4/c1-33-11-18-24(32)30-17-10-28-23-20(21(17)29-18)14(9-27-23)22(31)13-7-6-12(8-15(13)25)34-19-5-3-2-4-16(19)26/h2-10H,11H2,1H3,(H,27,28)(H,30,32). The molecule has 0 unspecified atom stereocenters. The van der Waals surface area contributed by atoms with Gasteiger partial charge in [-0.25, -0.2) is 14.4 Å². The summed E-state index contributed by atoms with van der Waals surface area (Å²) < 4.78 is 24.5. The van der Waals surface area contributed by atoms with E-state index >= 15 is 0 Å². The smallest absolute Gasteiger partial charge is 0.272 e. The predicted molar refractivity (Wildman–Crippen MR) is 124 cm³/mol. The van der Waals surface area contributed by atoms with Gasteiger partial charge in [-0.1, -0.05) is 23.7 Å². The topological polar surface area (TPSA) is 110 Å². The number of aromatic amines is 2. The Morgan fingerprint density at radius 2 is 2.00 bits per heavy atom. The van der Waals surface area contributed by atoms with Crippen LogP contribution in [0.4, 0.5) is 4.39 Å². The Bertz CT molecular complexity index is 1630. The number of carbonyl (C=O) groups excluding carboxylic acids is 1. The SMILES string of the molecule is COCc1nc2c(cnc3[nH]cc(C(=O)c4ccc(Oc5ccccc5F)cc4Cl)c32)[nH]c1=O. The van der Waals surface area contributed by atoms with Crippen LogP contribution in [0.3, 0.4) is 0 Å². The Labute approximate surface area is 196 Å². The zero-order chi connectivity index (χ0) is 23.8. The van der Waals surface area contributed by atoms with Gasteiger partial charge in [0.15, 0.2) is 17.3 Å². The highest BCUT2D eigenvalue weighted by molar-refractivity contribution is 6.36. The Hall–Kier alpha value is -4.08. The van der Waals surface area contributed by atoms with E-state index in [2.05, 4.69) is 19.9 Å². The third kappa shape index (κ3) is 3.81. The van der Waals surface area contributed by atoms with Crippen LogP contribution in [-0.2, 0) is 11.3 Å². The minimum atomic E-state index is -0.518. The lowest BCUT2D eigenvalue weighted by atomic mass is 10.0. The zero-order valence-corrected chi connectivity index (χ0v) is 18.4. The lowest BCUT2D eigenvalue weighted by Gasteiger charge is -2.09. The van der Waals surface area contributed by atoms with Gasteiger partial charge < -0.3 is 19.4 Å². The number of nitrogens with one attached hydrogen (secondary N) is 2. The number of pyridine rings is 1. The fraction of sp³-hybridized carbons (Fsp3) is 0.0833. The summed E-state index contributed by atoms with van der Waals surface area (Å²) in [4.78, 5) is 40.0. The highest BCUT2D eigenvalue weighted by atomic mass is 35.5. The van der Waals surface area contributed by atoms with Crippen molar-refractivity contribution in [2.75, 3.05) is 7.11 Å². The maximum atomic E-state index is 13.9. The summed E-state index contributed by atoms with van der Waals surface area (Å²) in [5.41, 5.74) is 1.47. The molecule has 0 radical (unpaired) electrons. The van der Waals surface area contributed by atoms with E-state index in [0.29, 0.717) is 22.1 Å². The van der Waals surface area contributed by atoms with Crippen LogP contribution in [0.25, 0.3) is 22.1 Å². The number of halogens is 2. The van der Waals surface area contributed by atoms with E-state index in [0.717, 1.165) is 0 Å². The molecule has 5 aromatic rings. The second kappa shape index (κ2) is 8.69. The Kier molecular flexibility index (Phi) is 5.56. The highest BCUT2D eigenvalue weighted by Crippen LogP contribution is 2.31. The molecule has 10 heteroatoms. The maximum absolute atomic E-state index is 13.9. The van der Waals surface area contributed by atoms with Crippen molar-refractivity contribution in [1.29, 1.82) is 0 Å². The molecule has 34 heavy (non-hydrogen) atoms. The number of nitrogens with zero attached hydrogens (tertiary/aromatic N) is 2. The molecule has 0 aliphatic carbocycles. The largest absolute Gasteiger partial charge is 0.454 e. The summed E-state index contributed by atoms with van der Waals surface area (Å²) in [6.07, 6.45) is 2.98. The second-order valence-electron chi connectivity index (χ2n) is 7.40. The maximum Gasteiger partial charge on any atom is 0.272 e. The first-order chi connectivity index (χ1) is 16.5. The van der Waals surface area contributed by atoms with E-state index in [4.69, 9.17) is 21.1 Å². The average Bonchev–Trinajstić information content (AvgIpc) is 3.26.